The van der Waals surface area contributed by atoms with Gasteiger partial charge in [0.25, 0.3) is 0 Å². The topological polar surface area (TPSA) is 36.5 Å². The maximum absolute atomic E-state index is 5.57. The number of hydrogen-bond donors (Lipinski definition) is 2. The molecule has 1 saturated carbocycles. The number of benzene rings is 1. The minimum absolute atomic E-state index is 0.295. The van der Waals surface area contributed by atoms with Crippen LogP contribution in [0.25, 0.3) is 0 Å². The summed E-state index contributed by atoms with van der Waals surface area (Å²) in [4.78, 5) is 2.75. The molecule has 0 amide bonds. The molecule has 144 valence electrons. The van der Waals surface area contributed by atoms with Crippen LogP contribution in [0, 0.1) is 0 Å². The first-order valence-corrected chi connectivity index (χ1v) is 10.7. The summed E-state index contributed by atoms with van der Waals surface area (Å²) in [5, 5.41) is 7.56. The maximum Gasteiger partial charge on any atom is 0.170 e. The van der Waals surface area contributed by atoms with Crippen LogP contribution in [0.1, 0.15) is 58.3 Å². The molecule has 5 heteroatoms. The Bertz CT molecular complexity index is 563. The summed E-state index contributed by atoms with van der Waals surface area (Å²) in [6.07, 6.45) is 10.7. The molecule has 2 aliphatic rings. The minimum Gasteiger partial charge on any atom is -0.494 e. The van der Waals surface area contributed by atoms with E-state index in [1.807, 2.05) is 31.2 Å². The molecule has 3 rings (SSSR count). The van der Waals surface area contributed by atoms with Crippen molar-refractivity contribution >= 4 is 23.0 Å². The molecule has 2 fully saturated rings. The van der Waals surface area contributed by atoms with Crippen LogP contribution >= 0.6 is 12.2 Å². The van der Waals surface area contributed by atoms with Gasteiger partial charge in [-0.2, -0.15) is 0 Å². The number of thiocarbonyl (C=S) groups is 1. The van der Waals surface area contributed by atoms with E-state index in [0.29, 0.717) is 12.1 Å². The molecule has 0 spiro atoms. The predicted molar refractivity (Wildman–Crippen MR) is 113 cm³/mol. The standard InChI is InChI=1S/C21H33N3OS/c1-2-25-19-11-9-18(10-12-19)23-20(26)22-17-21(13-5-3-6-14-21)24-15-7-4-8-16-24/h9-12H,2-8,13-17H2,1H3,(H2,22,23,26). The van der Waals surface area contributed by atoms with Crippen LogP contribution in [0.2, 0.25) is 0 Å². The fourth-order valence-corrected chi connectivity index (χ4v) is 4.59. The Morgan fingerprint density at radius 2 is 1.69 bits per heavy atom. The van der Waals surface area contributed by atoms with E-state index in [9.17, 15) is 0 Å². The van der Waals surface area contributed by atoms with Crippen molar-refractivity contribution in [3.8, 4) is 5.75 Å². The van der Waals surface area contributed by atoms with Gasteiger partial charge < -0.3 is 15.4 Å². The molecule has 0 radical (unpaired) electrons. The molecule has 1 aromatic rings. The van der Waals surface area contributed by atoms with E-state index in [4.69, 9.17) is 17.0 Å². The van der Waals surface area contributed by atoms with Gasteiger partial charge in [-0.05, 0) is 82.2 Å². The van der Waals surface area contributed by atoms with Crippen molar-refractivity contribution in [2.24, 2.45) is 0 Å². The molecule has 1 aliphatic heterocycles. The maximum atomic E-state index is 5.57. The van der Waals surface area contributed by atoms with Crippen molar-refractivity contribution in [3.63, 3.8) is 0 Å². The molecule has 1 heterocycles. The summed E-state index contributed by atoms with van der Waals surface area (Å²) in [5.74, 6) is 0.892. The van der Waals surface area contributed by atoms with Crippen LogP contribution < -0.4 is 15.4 Å². The predicted octanol–water partition coefficient (Wildman–Crippen LogP) is 4.56. The monoisotopic (exact) mass is 375 g/mol. The second-order valence-corrected chi connectivity index (χ2v) is 8.01. The van der Waals surface area contributed by atoms with Gasteiger partial charge >= 0.3 is 0 Å². The lowest BCUT2D eigenvalue weighted by atomic mass is 9.79. The van der Waals surface area contributed by atoms with Crippen molar-refractivity contribution in [2.45, 2.75) is 63.8 Å². The third kappa shape index (κ3) is 5.10. The van der Waals surface area contributed by atoms with E-state index in [1.54, 1.807) is 0 Å². The van der Waals surface area contributed by atoms with Crippen LogP contribution in [0.15, 0.2) is 24.3 Å². The summed E-state index contributed by atoms with van der Waals surface area (Å²) >= 11 is 5.57. The zero-order chi connectivity index (χ0) is 18.2. The Hall–Kier alpha value is -1.33. The molecular formula is C21H33N3OS. The summed E-state index contributed by atoms with van der Waals surface area (Å²) in [7, 11) is 0. The number of piperidine rings is 1. The van der Waals surface area contributed by atoms with Crippen molar-refractivity contribution < 1.29 is 4.74 Å². The lowest BCUT2D eigenvalue weighted by Gasteiger charge is -2.48. The average Bonchev–Trinajstić information content (AvgIpc) is 2.70. The third-order valence-corrected chi connectivity index (χ3v) is 6.06. The highest BCUT2D eigenvalue weighted by Crippen LogP contribution is 2.35. The van der Waals surface area contributed by atoms with Crippen molar-refractivity contribution in [1.82, 2.24) is 10.2 Å². The first-order chi connectivity index (χ1) is 12.7. The SMILES string of the molecule is CCOc1ccc(NC(=S)NCC2(N3CCCCC3)CCCCC2)cc1. The van der Waals surface area contributed by atoms with E-state index >= 15 is 0 Å². The Balaban J connectivity index is 1.55. The molecule has 1 saturated heterocycles. The number of likely N-dealkylation sites (tertiary alicyclic amines) is 1. The molecule has 0 unspecified atom stereocenters. The summed E-state index contributed by atoms with van der Waals surface area (Å²) < 4.78 is 5.49. The zero-order valence-electron chi connectivity index (χ0n) is 16.1. The van der Waals surface area contributed by atoms with Gasteiger partial charge in [-0.25, -0.2) is 0 Å². The zero-order valence-corrected chi connectivity index (χ0v) is 16.9. The normalized spacial score (nSPS) is 20.3. The fourth-order valence-electron chi connectivity index (χ4n) is 4.40. The average molecular weight is 376 g/mol. The first-order valence-electron chi connectivity index (χ1n) is 10.2. The third-order valence-electron chi connectivity index (χ3n) is 5.81. The summed E-state index contributed by atoms with van der Waals surface area (Å²) in [6, 6.07) is 7.98. The van der Waals surface area contributed by atoms with E-state index in [-0.39, 0.29) is 0 Å². The minimum atomic E-state index is 0.295. The van der Waals surface area contributed by atoms with Crippen LogP contribution in [0.4, 0.5) is 5.69 Å². The van der Waals surface area contributed by atoms with Crippen LogP contribution in [-0.2, 0) is 0 Å². The van der Waals surface area contributed by atoms with Crippen molar-refractivity contribution in [3.05, 3.63) is 24.3 Å². The van der Waals surface area contributed by atoms with Gasteiger partial charge in [0.1, 0.15) is 5.75 Å². The van der Waals surface area contributed by atoms with Crippen LogP contribution in [-0.4, -0.2) is 41.8 Å². The first kappa shape index (κ1) is 19.4. The van der Waals surface area contributed by atoms with Gasteiger partial charge in [0.15, 0.2) is 5.11 Å². The number of anilines is 1. The molecule has 0 atom stereocenters. The van der Waals surface area contributed by atoms with Gasteiger partial charge in [-0.1, -0.05) is 25.7 Å². The molecule has 2 N–H and O–H groups in total. The van der Waals surface area contributed by atoms with Crippen molar-refractivity contribution in [1.29, 1.82) is 0 Å². The van der Waals surface area contributed by atoms with E-state index < -0.39 is 0 Å². The lowest BCUT2D eigenvalue weighted by molar-refractivity contribution is 0.0371. The van der Waals surface area contributed by atoms with Gasteiger partial charge in [-0.15, -0.1) is 0 Å². The lowest BCUT2D eigenvalue weighted by Crippen LogP contribution is -2.58. The van der Waals surface area contributed by atoms with Gasteiger partial charge in [-0.3, -0.25) is 4.90 Å². The number of ether oxygens (including phenoxy) is 1. The number of nitrogens with one attached hydrogen (secondary N) is 2. The van der Waals surface area contributed by atoms with E-state index in [1.165, 1.54) is 64.5 Å². The smallest absolute Gasteiger partial charge is 0.170 e. The van der Waals surface area contributed by atoms with Gasteiger partial charge in [0.05, 0.1) is 6.61 Å². The van der Waals surface area contributed by atoms with Gasteiger partial charge in [0.2, 0.25) is 0 Å². The Labute approximate surface area is 163 Å². The molecule has 1 aromatic carbocycles. The van der Waals surface area contributed by atoms with E-state index in [2.05, 4.69) is 15.5 Å². The Kier molecular flexibility index (Phi) is 7.15. The van der Waals surface area contributed by atoms with Crippen LogP contribution in [0.5, 0.6) is 5.75 Å². The molecular weight excluding hydrogens is 342 g/mol. The second kappa shape index (κ2) is 9.56. The molecule has 1 aliphatic carbocycles. The number of rotatable bonds is 6. The molecule has 26 heavy (non-hydrogen) atoms. The largest absolute Gasteiger partial charge is 0.494 e. The highest BCUT2D eigenvalue weighted by Gasteiger charge is 2.38. The van der Waals surface area contributed by atoms with Crippen LogP contribution in [0.3, 0.4) is 0 Å². The highest BCUT2D eigenvalue weighted by molar-refractivity contribution is 7.80. The fraction of sp³-hybridized carbons (Fsp3) is 0.667. The number of hydrogen-bond acceptors (Lipinski definition) is 3. The summed E-state index contributed by atoms with van der Waals surface area (Å²) in [6.45, 7) is 6.14. The van der Waals surface area contributed by atoms with Gasteiger partial charge in [0, 0.05) is 17.8 Å². The molecule has 4 nitrogen and oxygen atoms in total. The second-order valence-electron chi connectivity index (χ2n) is 7.60. The van der Waals surface area contributed by atoms with E-state index in [0.717, 1.165) is 23.1 Å². The Morgan fingerprint density at radius 3 is 2.35 bits per heavy atom. The highest BCUT2D eigenvalue weighted by atomic mass is 32.1. The molecule has 0 bridgehead atoms. The molecule has 0 aromatic heterocycles. The number of nitrogens with zero attached hydrogens (tertiary/aromatic N) is 1. The Morgan fingerprint density at radius 1 is 1.04 bits per heavy atom. The quantitative estimate of drug-likeness (QED) is 0.713. The summed E-state index contributed by atoms with van der Waals surface area (Å²) in [5.41, 5.74) is 1.30. The van der Waals surface area contributed by atoms with Crippen molar-refractivity contribution in [2.75, 3.05) is 31.6 Å².